The molecule has 248 valence electrons. The Hall–Kier alpha value is -4.72. The average Bonchev–Trinajstić information content (AvgIpc) is 3.03. The van der Waals surface area contributed by atoms with Crippen LogP contribution in [0.5, 0.6) is 5.75 Å². The van der Waals surface area contributed by atoms with Gasteiger partial charge in [0, 0.05) is 44.2 Å². The summed E-state index contributed by atoms with van der Waals surface area (Å²) in [5, 5.41) is 45.2. The van der Waals surface area contributed by atoms with Crippen molar-refractivity contribution in [1.29, 1.82) is 0 Å². The zero-order valence-corrected chi connectivity index (χ0v) is 26.4. The number of phenols is 1. The van der Waals surface area contributed by atoms with Crippen LogP contribution in [0.4, 0.5) is 4.79 Å². The van der Waals surface area contributed by atoms with Crippen LogP contribution in [-0.4, -0.2) is 118 Å². The summed E-state index contributed by atoms with van der Waals surface area (Å²) in [5.41, 5.74) is 4.81. The summed E-state index contributed by atoms with van der Waals surface area (Å²) < 4.78 is 4.81. The first-order valence-corrected chi connectivity index (χ1v) is 15.4. The quantitative estimate of drug-likeness (QED) is 0.297. The summed E-state index contributed by atoms with van der Waals surface area (Å²) in [5.74, 6) is -6.81. The van der Waals surface area contributed by atoms with E-state index in [1.165, 1.54) is 18.1 Å². The number of carbonyl (C=O) groups is 4. The third-order valence-corrected chi connectivity index (χ3v) is 10.1. The number of ether oxygens (including phenoxy) is 1. The SMILES string of the molecule is COC(=O)N1CCN(Cc2ccc(-c3ccc(O)c4c3CC3CC5C(N(C)C)C(O)=C(C(N)=O)C(=O)C5(O)C(O)=C3C4=O)cc2)CC1. The number of ketones is 2. The zero-order chi connectivity index (χ0) is 33.9. The minimum atomic E-state index is -2.68. The lowest BCUT2D eigenvalue weighted by atomic mass is 9.58. The number of amides is 2. The molecule has 6 N–H and O–H groups in total. The molecule has 6 rings (SSSR count). The number of nitrogens with two attached hydrogens (primary N) is 1. The second kappa shape index (κ2) is 11.8. The van der Waals surface area contributed by atoms with Crippen LogP contribution in [0.1, 0.15) is 27.9 Å². The highest BCUT2D eigenvalue weighted by atomic mass is 16.5. The predicted molar refractivity (Wildman–Crippen MR) is 168 cm³/mol. The molecule has 1 saturated heterocycles. The summed E-state index contributed by atoms with van der Waals surface area (Å²) in [6, 6.07) is 9.94. The van der Waals surface area contributed by atoms with Crippen molar-refractivity contribution in [3.05, 3.63) is 75.8 Å². The molecule has 47 heavy (non-hydrogen) atoms. The van der Waals surface area contributed by atoms with Gasteiger partial charge in [0.25, 0.3) is 5.91 Å². The van der Waals surface area contributed by atoms with Gasteiger partial charge in [0.1, 0.15) is 22.8 Å². The standard InChI is InChI=1S/C34H38N4O9/c1-36(2)27-22-15-19-14-21-20(18-6-4-17(5-7-18)16-37-10-12-38(13-11-37)33(45)47-3)8-9-23(39)25(21)28(40)24(19)30(42)34(22,46)31(43)26(29(27)41)32(35)44/h4-9,19,22,27,39,41-42,46H,10-16H2,1-3H3,(H2,35,44). The van der Waals surface area contributed by atoms with Crippen molar-refractivity contribution in [2.75, 3.05) is 47.4 Å². The fourth-order valence-electron chi connectivity index (χ4n) is 7.79. The molecular formula is C34H38N4O9. The van der Waals surface area contributed by atoms with E-state index in [2.05, 4.69) is 4.90 Å². The second-order valence-corrected chi connectivity index (χ2v) is 12.9. The average molecular weight is 647 g/mol. The van der Waals surface area contributed by atoms with Crippen molar-refractivity contribution in [3.63, 3.8) is 0 Å². The van der Waals surface area contributed by atoms with Gasteiger partial charge < -0.3 is 35.8 Å². The van der Waals surface area contributed by atoms with Crippen LogP contribution in [0, 0.1) is 11.8 Å². The number of hydrogen-bond donors (Lipinski definition) is 5. The molecule has 2 aromatic rings. The number of carbonyl (C=O) groups excluding carboxylic acids is 4. The van der Waals surface area contributed by atoms with Gasteiger partial charge in [-0.05, 0) is 61.2 Å². The molecule has 0 saturated carbocycles. The number of hydrogen-bond acceptors (Lipinski definition) is 11. The number of allylic oxidation sites excluding steroid dienone is 1. The van der Waals surface area contributed by atoms with Crippen LogP contribution >= 0.6 is 0 Å². The Kier molecular flexibility index (Phi) is 8.10. The van der Waals surface area contributed by atoms with E-state index in [0.29, 0.717) is 43.9 Å². The molecule has 1 fully saturated rings. The van der Waals surface area contributed by atoms with Crippen LogP contribution in [-0.2, 0) is 27.3 Å². The fraction of sp³-hybridized carbons (Fsp3) is 0.412. The molecule has 3 aliphatic carbocycles. The number of aliphatic hydroxyl groups is 3. The number of methoxy groups -OCH3 is 1. The maximum Gasteiger partial charge on any atom is 0.409 e. The number of rotatable bonds is 5. The number of piperazine rings is 1. The van der Waals surface area contributed by atoms with Gasteiger partial charge >= 0.3 is 6.09 Å². The molecule has 0 aromatic heterocycles. The number of likely N-dealkylation sites (N-methyl/N-ethyl adjacent to an activating group) is 1. The predicted octanol–water partition coefficient (Wildman–Crippen LogP) is 1.67. The van der Waals surface area contributed by atoms with Gasteiger partial charge in [0.05, 0.1) is 18.7 Å². The lowest BCUT2D eigenvalue weighted by Crippen LogP contribution is -2.63. The highest BCUT2D eigenvalue weighted by Crippen LogP contribution is 2.53. The van der Waals surface area contributed by atoms with Gasteiger partial charge in [-0.2, -0.15) is 0 Å². The molecule has 4 unspecified atom stereocenters. The van der Waals surface area contributed by atoms with Gasteiger partial charge in [-0.1, -0.05) is 30.3 Å². The summed E-state index contributed by atoms with van der Waals surface area (Å²) in [4.78, 5) is 57.0. The van der Waals surface area contributed by atoms with Gasteiger partial charge in [0.15, 0.2) is 11.4 Å². The van der Waals surface area contributed by atoms with Crippen LogP contribution in [0.2, 0.25) is 0 Å². The van der Waals surface area contributed by atoms with E-state index in [1.807, 2.05) is 24.3 Å². The van der Waals surface area contributed by atoms with Crippen LogP contribution in [0.15, 0.2) is 59.1 Å². The summed E-state index contributed by atoms with van der Waals surface area (Å²) in [6.45, 7) is 3.27. The first kappa shape index (κ1) is 32.2. The Morgan fingerprint density at radius 2 is 1.68 bits per heavy atom. The minimum absolute atomic E-state index is 0.0169. The summed E-state index contributed by atoms with van der Waals surface area (Å²) >= 11 is 0. The fourth-order valence-corrected chi connectivity index (χ4v) is 7.79. The maximum atomic E-state index is 14.0. The number of aromatic hydroxyl groups is 1. The van der Waals surface area contributed by atoms with E-state index in [4.69, 9.17) is 10.5 Å². The third-order valence-electron chi connectivity index (χ3n) is 10.1. The van der Waals surface area contributed by atoms with Gasteiger partial charge in [-0.15, -0.1) is 0 Å². The Balaban J connectivity index is 1.33. The molecule has 13 heteroatoms. The van der Waals surface area contributed by atoms with E-state index >= 15 is 0 Å². The Morgan fingerprint density at radius 3 is 2.28 bits per heavy atom. The topological polar surface area (TPSA) is 194 Å². The largest absolute Gasteiger partial charge is 0.510 e. The molecule has 0 radical (unpaired) electrons. The normalized spacial score (nSPS) is 26.2. The third kappa shape index (κ3) is 5.05. The van der Waals surface area contributed by atoms with E-state index < -0.39 is 58.0 Å². The van der Waals surface area contributed by atoms with Gasteiger partial charge in [0.2, 0.25) is 5.78 Å². The number of nitrogens with zero attached hydrogens (tertiary/aromatic N) is 3. The highest BCUT2D eigenvalue weighted by Gasteiger charge is 2.63. The Bertz CT molecular complexity index is 1740. The van der Waals surface area contributed by atoms with Gasteiger partial charge in [-0.3, -0.25) is 24.2 Å². The van der Waals surface area contributed by atoms with Crippen molar-refractivity contribution in [2.24, 2.45) is 17.6 Å². The lowest BCUT2D eigenvalue weighted by Gasteiger charge is -2.50. The van der Waals surface area contributed by atoms with Gasteiger partial charge in [-0.25, -0.2) is 4.79 Å². The monoisotopic (exact) mass is 646 g/mol. The van der Waals surface area contributed by atoms with Crippen molar-refractivity contribution >= 4 is 23.6 Å². The van der Waals surface area contributed by atoms with E-state index in [1.54, 1.807) is 25.1 Å². The molecule has 4 atom stereocenters. The van der Waals surface area contributed by atoms with E-state index in [9.17, 15) is 39.6 Å². The van der Waals surface area contributed by atoms with E-state index in [0.717, 1.165) is 11.1 Å². The highest BCUT2D eigenvalue weighted by molar-refractivity contribution is 6.24. The van der Waals surface area contributed by atoms with Crippen LogP contribution in [0.25, 0.3) is 11.1 Å². The number of aliphatic hydroxyl groups excluding tert-OH is 2. The number of primary amides is 1. The summed E-state index contributed by atoms with van der Waals surface area (Å²) in [7, 11) is 4.56. The lowest BCUT2D eigenvalue weighted by molar-refractivity contribution is -0.148. The molecule has 4 aliphatic rings. The van der Waals surface area contributed by atoms with Crippen molar-refractivity contribution in [1.82, 2.24) is 14.7 Å². The molecule has 1 heterocycles. The Morgan fingerprint density at radius 1 is 1.02 bits per heavy atom. The molecule has 13 nitrogen and oxygen atoms in total. The number of Topliss-reactive ketones (excluding diaryl/α,β-unsaturated/α-hetero) is 2. The molecule has 1 aliphatic heterocycles. The molecule has 2 amide bonds. The second-order valence-electron chi connectivity index (χ2n) is 12.9. The first-order valence-electron chi connectivity index (χ1n) is 15.4. The summed E-state index contributed by atoms with van der Waals surface area (Å²) in [6.07, 6.45) is -0.114. The van der Waals surface area contributed by atoms with Crippen LogP contribution in [0.3, 0.4) is 0 Å². The zero-order valence-electron chi connectivity index (χ0n) is 26.4. The number of fused-ring (bicyclic) bond motifs is 3. The number of benzene rings is 2. The minimum Gasteiger partial charge on any atom is -0.510 e. The smallest absolute Gasteiger partial charge is 0.409 e. The molecule has 0 bridgehead atoms. The van der Waals surface area contributed by atoms with Crippen molar-refractivity contribution in [2.45, 2.75) is 31.0 Å². The van der Waals surface area contributed by atoms with Crippen molar-refractivity contribution in [3.8, 4) is 16.9 Å². The van der Waals surface area contributed by atoms with Crippen LogP contribution < -0.4 is 5.73 Å². The van der Waals surface area contributed by atoms with E-state index in [-0.39, 0.29) is 35.8 Å². The maximum absolute atomic E-state index is 14.0. The number of phenolic OH excluding ortho intramolecular Hbond substituents is 1. The van der Waals surface area contributed by atoms with Crippen molar-refractivity contribution < 1.29 is 44.3 Å². The first-order chi connectivity index (χ1) is 22.3. The Labute approximate surface area is 271 Å². The molecular weight excluding hydrogens is 608 g/mol. The molecule has 2 aromatic carbocycles. The molecule has 0 spiro atoms.